The number of rotatable bonds is 5. The molecule has 0 fully saturated rings. The Balaban J connectivity index is 4.16. The van der Waals surface area contributed by atoms with Crippen LogP contribution in [0.5, 0.6) is 0 Å². The minimum Gasteiger partial charge on any atom is -0.294 e. The normalized spacial score (nSPS) is 15.2. The topological polar surface area (TPSA) is 17.1 Å². The van der Waals surface area contributed by atoms with E-state index in [-0.39, 0.29) is 11.2 Å². The van der Waals surface area contributed by atoms with E-state index in [0.717, 1.165) is 17.9 Å². The lowest BCUT2D eigenvalue weighted by atomic mass is 9.86. The lowest BCUT2D eigenvalue weighted by Gasteiger charge is -2.17. The first kappa shape index (κ1) is 14.4. The van der Waals surface area contributed by atoms with E-state index >= 15 is 0 Å². The third-order valence-corrected chi connectivity index (χ3v) is 2.85. The highest BCUT2D eigenvalue weighted by Gasteiger charge is 2.21. The van der Waals surface area contributed by atoms with Gasteiger partial charge in [-0.05, 0) is 31.3 Å². The number of carbonyl (C=O) groups is 1. The van der Waals surface area contributed by atoms with Gasteiger partial charge in [0.25, 0.3) is 0 Å². The number of hydrogen-bond donors (Lipinski definition) is 0. The highest BCUT2D eigenvalue weighted by molar-refractivity contribution is 5.98. The summed E-state index contributed by atoms with van der Waals surface area (Å²) >= 11 is 0. The average molecular weight is 210 g/mol. The Morgan fingerprint density at radius 1 is 1.33 bits per heavy atom. The Morgan fingerprint density at radius 3 is 2.27 bits per heavy atom. The molecule has 15 heavy (non-hydrogen) atoms. The van der Waals surface area contributed by atoms with Crippen molar-refractivity contribution in [3.05, 3.63) is 11.6 Å². The molecule has 0 aliphatic rings. The molecule has 88 valence electrons. The largest absolute Gasteiger partial charge is 0.294 e. The molecule has 0 amide bonds. The Morgan fingerprint density at radius 2 is 1.87 bits per heavy atom. The molecule has 1 nitrogen and oxygen atoms in total. The maximum absolute atomic E-state index is 11.8. The second-order valence-corrected chi connectivity index (χ2v) is 5.56. The van der Waals surface area contributed by atoms with Crippen molar-refractivity contribution in [1.29, 1.82) is 0 Å². The Hall–Kier alpha value is -0.590. The van der Waals surface area contributed by atoms with E-state index in [1.165, 1.54) is 12.8 Å². The van der Waals surface area contributed by atoms with Crippen LogP contribution in [-0.2, 0) is 4.79 Å². The van der Waals surface area contributed by atoms with Gasteiger partial charge in [0.1, 0.15) is 0 Å². The van der Waals surface area contributed by atoms with Gasteiger partial charge in [0.15, 0.2) is 5.78 Å². The third kappa shape index (κ3) is 5.76. The Bertz CT molecular complexity index is 230. The van der Waals surface area contributed by atoms with Gasteiger partial charge < -0.3 is 0 Å². The molecule has 0 aromatic rings. The van der Waals surface area contributed by atoms with Gasteiger partial charge in [-0.1, -0.05) is 47.1 Å². The molecule has 0 rings (SSSR count). The number of ketones is 1. The van der Waals surface area contributed by atoms with E-state index in [1.807, 2.05) is 27.7 Å². The average Bonchev–Trinajstić information content (AvgIpc) is 2.14. The van der Waals surface area contributed by atoms with E-state index in [2.05, 4.69) is 19.9 Å². The fourth-order valence-electron chi connectivity index (χ4n) is 1.47. The van der Waals surface area contributed by atoms with Crippen LogP contribution in [0.4, 0.5) is 0 Å². The predicted octanol–water partition coefficient (Wildman–Crippen LogP) is 4.37. The van der Waals surface area contributed by atoms with E-state index in [9.17, 15) is 4.79 Å². The fraction of sp³-hybridized carbons (Fsp3) is 0.786. The van der Waals surface area contributed by atoms with Gasteiger partial charge >= 0.3 is 0 Å². The van der Waals surface area contributed by atoms with E-state index < -0.39 is 0 Å². The van der Waals surface area contributed by atoms with E-state index in [1.54, 1.807) is 0 Å². The molecule has 0 aromatic carbocycles. The first-order valence-electron chi connectivity index (χ1n) is 6.00. The number of carbonyl (C=O) groups excluding carboxylic acids is 1. The molecule has 0 heterocycles. The smallest absolute Gasteiger partial charge is 0.163 e. The summed E-state index contributed by atoms with van der Waals surface area (Å²) in [6, 6.07) is 0. The summed E-state index contributed by atoms with van der Waals surface area (Å²) in [6.45, 7) is 12.3. The van der Waals surface area contributed by atoms with Crippen LogP contribution < -0.4 is 0 Å². The summed E-state index contributed by atoms with van der Waals surface area (Å²) in [5.74, 6) is 1.03. The van der Waals surface area contributed by atoms with Crippen molar-refractivity contribution >= 4 is 5.78 Å². The molecule has 0 saturated carbocycles. The fourth-order valence-corrected chi connectivity index (χ4v) is 1.47. The van der Waals surface area contributed by atoms with Crippen LogP contribution in [-0.4, -0.2) is 5.78 Å². The second-order valence-electron chi connectivity index (χ2n) is 5.56. The number of allylic oxidation sites excluding steroid dienone is 2. The minimum atomic E-state index is -0.239. The summed E-state index contributed by atoms with van der Waals surface area (Å²) in [4.78, 5) is 11.8. The van der Waals surface area contributed by atoms with Crippen LogP contribution in [0.25, 0.3) is 0 Å². The molecular weight excluding hydrogens is 184 g/mol. The summed E-state index contributed by atoms with van der Waals surface area (Å²) in [5, 5.41) is 0. The first-order chi connectivity index (χ1) is 6.79. The van der Waals surface area contributed by atoms with Crippen molar-refractivity contribution in [2.75, 3.05) is 0 Å². The maximum Gasteiger partial charge on any atom is 0.163 e. The van der Waals surface area contributed by atoms with Crippen LogP contribution in [0.3, 0.4) is 0 Å². The molecule has 0 radical (unpaired) electrons. The van der Waals surface area contributed by atoms with Gasteiger partial charge in [0.05, 0.1) is 0 Å². The molecule has 0 bridgehead atoms. The zero-order valence-electron chi connectivity index (χ0n) is 11.2. The van der Waals surface area contributed by atoms with Gasteiger partial charge in [0.2, 0.25) is 0 Å². The van der Waals surface area contributed by atoms with Crippen LogP contribution in [0.2, 0.25) is 0 Å². The van der Waals surface area contributed by atoms with Crippen LogP contribution in [0, 0.1) is 11.3 Å². The molecule has 1 atom stereocenters. The van der Waals surface area contributed by atoms with Crippen molar-refractivity contribution in [1.82, 2.24) is 0 Å². The Labute approximate surface area is 95.0 Å². The highest BCUT2D eigenvalue weighted by atomic mass is 16.1. The van der Waals surface area contributed by atoms with Crippen LogP contribution in [0.15, 0.2) is 11.6 Å². The molecule has 0 aromatic heterocycles. The lowest BCUT2D eigenvalue weighted by Crippen LogP contribution is -2.20. The quantitative estimate of drug-likeness (QED) is 0.616. The molecular formula is C14H26O. The summed E-state index contributed by atoms with van der Waals surface area (Å²) in [6.07, 6.45) is 5.54. The third-order valence-electron chi connectivity index (χ3n) is 2.85. The molecule has 1 unspecified atom stereocenters. The van der Waals surface area contributed by atoms with Crippen LogP contribution >= 0.6 is 0 Å². The summed E-state index contributed by atoms with van der Waals surface area (Å²) in [7, 11) is 0. The van der Waals surface area contributed by atoms with Gasteiger partial charge in [-0.15, -0.1) is 0 Å². The lowest BCUT2D eigenvalue weighted by molar-refractivity contribution is -0.122. The van der Waals surface area contributed by atoms with Gasteiger partial charge in [-0.3, -0.25) is 4.79 Å². The molecule has 1 heteroatoms. The first-order valence-corrected chi connectivity index (χ1v) is 6.00. The van der Waals surface area contributed by atoms with Gasteiger partial charge in [0, 0.05) is 5.41 Å². The minimum absolute atomic E-state index is 0.239. The summed E-state index contributed by atoms with van der Waals surface area (Å²) in [5.41, 5.74) is 0.683. The summed E-state index contributed by atoms with van der Waals surface area (Å²) < 4.78 is 0. The van der Waals surface area contributed by atoms with Gasteiger partial charge in [-0.25, -0.2) is 0 Å². The van der Waals surface area contributed by atoms with Crippen molar-refractivity contribution in [2.24, 2.45) is 11.3 Å². The van der Waals surface area contributed by atoms with Crippen LogP contribution in [0.1, 0.15) is 60.8 Å². The molecule has 0 spiro atoms. The number of hydrogen-bond acceptors (Lipinski definition) is 1. The van der Waals surface area contributed by atoms with Crippen molar-refractivity contribution < 1.29 is 4.79 Å². The standard InChI is InChI=1S/C14H26O/c1-7-11(2)9-8-10-12(3)13(15)14(4,5)6/h10-11H,7-9H2,1-6H3/b12-10+. The predicted molar refractivity (Wildman–Crippen MR) is 66.9 cm³/mol. The Kier molecular flexibility index (Phi) is 5.85. The van der Waals surface area contributed by atoms with E-state index in [4.69, 9.17) is 0 Å². The van der Waals surface area contributed by atoms with Crippen molar-refractivity contribution in [2.45, 2.75) is 60.8 Å². The molecule has 0 saturated heterocycles. The molecule has 0 aliphatic heterocycles. The highest BCUT2D eigenvalue weighted by Crippen LogP contribution is 2.20. The van der Waals surface area contributed by atoms with Crippen molar-refractivity contribution in [3.63, 3.8) is 0 Å². The zero-order valence-corrected chi connectivity index (χ0v) is 11.2. The number of Topliss-reactive ketones (excluding diaryl/α,β-unsaturated/α-hetero) is 1. The van der Waals surface area contributed by atoms with E-state index in [0.29, 0.717) is 0 Å². The second kappa shape index (κ2) is 6.09. The SMILES string of the molecule is CCC(C)CC/C=C(\C)C(=O)C(C)(C)C. The molecule has 0 N–H and O–H groups in total. The van der Waals surface area contributed by atoms with Crippen molar-refractivity contribution in [3.8, 4) is 0 Å². The monoisotopic (exact) mass is 210 g/mol. The van der Waals surface area contributed by atoms with Gasteiger partial charge in [-0.2, -0.15) is 0 Å². The maximum atomic E-state index is 11.8. The molecule has 0 aliphatic carbocycles. The zero-order chi connectivity index (χ0) is 12.1.